The molecule has 0 unspecified atom stereocenters. The SMILES string of the molecule is Nc1cccc(OC2=CCC(=S)C=C2)c1. The van der Waals surface area contributed by atoms with E-state index in [1.54, 1.807) is 6.07 Å². The van der Waals surface area contributed by atoms with Gasteiger partial charge in [0.25, 0.3) is 0 Å². The Kier molecular flexibility index (Phi) is 2.83. The first kappa shape index (κ1) is 9.93. The summed E-state index contributed by atoms with van der Waals surface area (Å²) >= 11 is 5.04. The zero-order valence-corrected chi connectivity index (χ0v) is 8.96. The maximum atomic E-state index is 5.65. The van der Waals surface area contributed by atoms with Gasteiger partial charge < -0.3 is 10.5 Å². The summed E-state index contributed by atoms with van der Waals surface area (Å²) in [6.07, 6.45) is 6.49. The van der Waals surface area contributed by atoms with E-state index in [0.717, 1.165) is 22.8 Å². The van der Waals surface area contributed by atoms with E-state index in [9.17, 15) is 0 Å². The van der Waals surface area contributed by atoms with E-state index in [4.69, 9.17) is 22.7 Å². The lowest BCUT2D eigenvalue weighted by Gasteiger charge is -2.10. The van der Waals surface area contributed by atoms with Gasteiger partial charge in [-0.15, -0.1) is 0 Å². The van der Waals surface area contributed by atoms with E-state index < -0.39 is 0 Å². The molecule has 0 radical (unpaired) electrons. The molecule has 2 nitrogen and oxygen atoms in total. The second-order valence-electron chi connectivity index (χ2n) is 3.28. The van der Waals surface area contributed by atoms with Crippen LogP contribution in [0.15, 0.2) is 48.3 Å². The Hall–Kier alpha value is -1.61. The van der Waals surface area contributed by atoms with Gasteiger partial charge in [-0.1, -0.05) is 18.3 Å². The van der Waals surface area contributed by atoms with Crippen molar-refractivity contribution < 1.29 is 4.74 Å². The Morgan fingerprint density at radius 1 is 1.27 bits per heavy atom. The molecule has 2 N–H and O–H groups in total. The summed E-state index contributed by atoms with van der Waals surface area (Å²) in [5, 5.41) is 0. The minimum atomic E-state index is 0.698. The molecule has 3 heteroatoms. The predicted octanol–water partition coefficient (Wildman–Crippen LogP) is 2.86. The van der Waals surface area contributed by atoms with Crippen LogP contribution in [-0.4, -0.2) is 4.86 Å². The molecule has 76 valence electrons. The van der Waals surface area contributed by atoms with Crippen LogP contribution in [0, 0.1) is 0 Å². The second kappa shape index (κ2) is 4.28. The van der Waals surface area contributed by atoms with E-state index in [1.165, 1.54) is 0 Å². The molecule has 1 aliphatic carbocycles. The molecular formula is C12H11NOS. The average Bonchev–Trinajstić information content (AvgIpc) is 2.22. The van der Waals surface area contributed by atoms with E-state index in [1.807, 2.05) is 36.4 Å². The number of benzene rings is 1. The number of thiocarbonyl (C=S) groups is 1. The third-order valence-corrected chi connectivity index (χ3v) is 2.33. The number of anilines is 1. The van der Waals surface area contributed by atoms with Crippen molar-refractivity contribution in [2.24, 2.45) is 0 Å². The molecule has 0 saturated heterocycles. The maximum absolute atomic E-state index is 5.65. The average molecular weight is 217 g/mol. The van der Waals surface area contributed by atoms with Crippen LogP contribution >= 0.6 is 12.2 Å². The van der Waals surface area contributed by atoms with Crippen LogP contribution in [0.4, 0.5) is 5.69 Å². The van der Waals surface area contributed by atoms with Gasteiger partial charge in [0, 0.05) is 23.0 Å². The van der Waals surface area contributed by atoms with Crippen molar-refractivity contribution in [3.63, 3.8) is 0 Å². The van der Waals surface area contributed by atoms with Crippen molar-refractivity contribution in [3.8, 4) is 5.75 Å². The molecule has 1 aromatic carbocycles. The number of rotatable bonds is 2. The number of ether oxygens (including phenoxy) is 1. The number of nitrogen functional groups attached to an aromatic ring is 1. The van der Waals surface area contributed by atoms with Gasteiger partial charge in [0.15, 0.2) is 0 Å². The summed E-state index contributed by atoms with van der Waals surface area (Å²) in [4.78, 5) is 0.926. The Morgan fingerprint density at radius 2 is 2.13 bits per heavy atom. The molecule has 0 atom stereocenters. The van der Waals surface area contributed by atoms with Crippen molar-refractivity contribution in [1.82, 2.24) is 0 Å². The summed E-state index contributed by atoms with van der Waals surface area (Å²) in [5.41, 5.74) is 6.35. The van der Waals surface area contributed by atoms with Crippen LogP contribution in [0.25, 0.3) is 0 Å². The number of hydrogen-bond acceptors (Lipinski definition) is 3. The van der Waals surface area contributed by atoms with Crippen molar-refractivity contribution in [2.75, 3.05) is 5.73 Å². The second-order valence-corrected chi connectivity index (χ2v) is 3.81. The van der Waals surface area contributed by atoms with Gasteiger partial charge in [-0.25, -0.2) is 0 Å². The molecule has 0 saturated carbocycles. The summed E-state index contributed by atoms with van der Waals surface area (Å²) in [7, 11) is 0. The van der Waals surface area contributed by atoms with Gasteiger partial charge in [-0.3, -0.25) is 0 Å². The predicted molar refractivity (Wildman–Crippen MR) is 65.9 cm³/mol. The first-order valence-corrected chi connectivity index (χ1v) is 5.09. The van der Waals surface area contributed by atoms with Gasteiger partial charge in [-0.2, -0.15) is 0 Å². The highest BCUT2D eigenvalue weighted by molar-refractivity contribution is 7.80. The first-order valence-electron chi connectivity index (χ1n) is 4.68. The van der Waals surface area contributed by atoms with Crippen LogP contribution in [0.2, 0.25) is 0 Å². The minimum Gasteiger partial charge on any atom is -0.458 e. The molecule has 1 aromatic rings. The van der Waals surface area contributed by atoms with Crippen LogP contribution in [-0.2, 0) is 0 Å². The zero-order valence-electron chi connectivity index (χ0n) is 8.14. The van der Waals surface area contributed by atoms with Crippen molar-refractivity contribution in [2.45, 2.75) is 6.42 Å². The highest BCUT2D eigenvalue weighted by atomic mass is 32.1. The molecule has 0 fully saturated rings. The highest BCUT2D eigenvalue weighted by Gasteiger charge is 2.03. The van der Waals surface area contributed by atoms with Gasteiger partial charge in [-0.05, 0) is 30.4 Å². The molecule has 15 heavy (non-hydrogen) atoms. The van der Waals surface area contributed by atoms with Crippen molar-refractivity contribution >= 4 is 22.8 Å². The van der Waals surface area contributed by atoms with Gasteiger partial charge in [0.2, 0.25) is 0 Å². The zero-order chi connectivity index (χ0) is 10.7. The molecule has 0 spiro atoms. The van der Waals surface area contributed by atoms with Crippen molar-refractivity contribution in [1.29, 1.82) is 0 Å². The molecular weight excluding hydrogens is 206 g/mol. The lowest BCUT2D eigenvalue weighted by Crippen LogP contribution is -2.00. The number of nitrogens with two attached hydrogens (primary N) is 1. The number of allylic oxidation sites excluding steroid dienone is 3. The Morgan fingerprint density at radius 3 is 2.80 bits per heavy atom. The summed E-state index contributed by atoms with van der Waals surface area (Å²) in [5.74, 6) is 1.56. The normalized spacial score (nSPS) is 14.9. The summed E-state index contributed by atoms with van der Waals surface area (Å²) in [6, 6.07) is 7.36. The van der Waals surface area contributed by atoms with Crippen molar-refractivity contribution in [3.05, 3.63) is 48.3 Å². The lowest BCUT2D eigenvalue weighted by atomic mass is 10.2. The van der Waals surface area contributed by atoms with Gasteiger partial charge >= 0.3 is 0 Å². The number of hydrogen-bond donors (Lipinski definition) is 1. The summed E-state index contributed by atoms with van der Waals surface area (Å²) in [6.45, 7) is 0. The third-order valence-electron chi connectivity index (χ3n) is 2.03. The largest absolute Gasteiger partial charge is 0.458 e. The highest BCUT2D eigenvalue weighted by Crippen LogP contribution is 2.19. The molecule has 2 rings (SSSR count). The maximum Gasteiger partial charge on any atom is 0.129 e. The van der Waals surface area contributed by atoms with Crippen LogP contribution < -0.4 is 10.5 Å². The Bertz CT molecular complexity index is 449. The van der Waals surface area contributed by atoms with E-state index in [-0.39, 0.29) is 0 Å². The Labute approximate surface area is 94.0 Å². The molecule has 0 aromatic heterocycles. The third kappa shape index (κ3) is 2.67. The van der Waals surface area contributed by atoms with E-state index in [0.29, 0.717) is 5.69 Å². The fourth-order valence-corrected chi connectivity index (χ4v) is 1.45. The summed E-state index contributed by atoms with van der Waals surface area (Å²) < 4.78 is 5.62. The minimum absolute atomic E-state index is 0.698. The molecule has 0 aliphatic heterocycles. The smallest absolute Gasteiger partial charge is 0.129 e. The fraction of sp³-hybridized carbons (Fsp3) is 0.0833. The fourth-order valence-electron chi connectivity index (χ4n) is 1.30. The monoisotopic (exact) mass is 217 g/mol. The van der Waals surface area contributed by atoms with E-state index in [2.05, 4.69) is 0 Å². The molecule has 0 heterocycles. The lowest BCUT2D eigenvalue weighted by molar-refractivity contribution is 0.442. The van der Waals surface area contributed by atoms with Crippen LogP contribution in [0.5, 0.6) is 5.75 Å². The van der Waals surface area contributed by atoms with Gasteiger partial charge in [0.1, 0.15) is 11.5 Å². The van der Waals surface area contributed by atoms with Crippen LogP contribution in [0.3, 0.4) is 0 Å². The molecule has 0 amide bonds. The molecule has 0 bridgehead atoms. The first-order chi connectivity index (χ1) is 7.24. The topological polar surface area (TPSA) is 35.2 Å². The quantitative estimate of drug-likeness (QED) is 0.611. The van der Waals surface area contributed by atoms with E-state index >= 15 is 0 Å². The Balaban J connectivity index is 2.10. The van der Waals surface area contributed by atoms with Gasteiger partial charge in [0.05, 0.1) is 0 Å². The van der Waals surface area contributed by atoms with Crippen LogP contribution in [0.1, 0.15) is 6.42 Å². The standard InChI is InChI=1S/C12H11NOS/c13-9-2-1-3-11(8-9)14-10-4-6-12(15)7-5-10/h1-6,8H,7,13H2. The molecule has 1 aliphatic rings.